The Kier molecular flexibility index (Phi) is 22.1. The first kappa shape index (κ1) is 26.7. The Bertz CT molecular complexity index is 194. The van der Waals surface area contributed by atoms with E-state index in [9.17, 15) is 0 Å². The van der Waals surface area contributed by atoms with E-state index in [-0.39, 0.29) is 0 Å². The maximum absolute atomic E-state index is 3.46. The molecular weight excluding hydrogens is 364 g/mol. The van der Waals surface area contributed by atoms with E-state index in [1.165, 1.54) is 32.1 Å². The second kappa shape index (κ2) is 24.0. The summed E-state index contributed by atoms with van der Waals surface area (Å²) in [5.74, 6) is 0. The maximum atomic E-state index is 3.46. The molecule has 0 spiro atoms. The molecule has 0 saturated carbocycles. The Balaban J connectivity index is 0.000000291. The molecule has 0 aromatic carbocycles. The van der Waals surface area contributed by atoms with Gasteiger partial charge in [-0.15, -0.1) is 0 Å². The summed E-state index contributed by atoms with van der Waals surface area (Å²) >= 11 is 0. The van der Waals surface area contributed by atoms with Crippen LogP contribution in [0.5, 0.6) is 0 Å². The normalized spacial score (nSPS) is 24.0. The van der Waals surface area contributed by atoms with Crippen molar-refractivity contribution in [3.8, 4) is 0 Å². The minimum atomic E-state index is 1.09. The molecule has 8 nitrogen and oxygen atoms in total. The Morgan fingerprint density at radius 2 is 0.310 bits per heavy atom. The van der Waals surface area contributed by atoms with Crippen LogP contribution < -0.4 is 42.5 Å². The summed E-state index contributed by atoms with van der Waals surface area (Å²) in [6.45, 7) is 17.9. The van der Waals surface area contributed by atoms with Gasteiger partial charge in [-0.25, -0.2) is 0 Å². The van der Waals surface area contributed by atoms with E-state index in [1.54, 1.807) is 0 Å². The molecule has 0 radical (unpaired) electrons. The van der Waals surface area contributed by atoms with Gasteiger partial charge in [-0.3, -0.25) is 0 Å². The summed E-state index contributed by atoms with van der Waals surface area (Å²) in [5, 5.41) is 27.5. The zero-order valence-electron chi connectivity index (χ0n) is 18.8. The van der Waals surface area contributed by atoms with E-state index < -0.39 is 0 Å². The predicted octanol–water partition coefficient (Wildman–Crippen LogP) is -1.33. The van der Waals surface area contributed by atoms with Gasteiger partial charge >= 0.3 is 0 Å². The van der Waals surface area contributed by atoms with Gasteiger partial charge in [0.15, 0.2) is 0 Å². The Hall–Kier alpha value is -0.320. The second-order valence-electron chi connectivity index (χ2n) is 7.77. The van der Waals surface area contributed by atoms with Crippen LogP contribution in [0, 0.1) is 0 Å². The van der Waals surface area contributed by atoms with E-state index in [1.807, 2.05) is 0 Å². The molecule has 2 aliphatic heterocycles. The highest BCUT2D eigenvalue weighted by molar-refractivity contribution is 4.59. The van der Waals surface area contributed by atoms with Crippen molar-refractivity contribution in [3.63, 3.8) is 0 Å². The lowest BCUT2D eigenvalue weighted by molar-refractivity contribution is 0.530. The Morgan fingerprint density at radius 3 is 0.483 bits per heavy atom. The lowest BCUT2D eigenvalue weighted by Gasteiger charge is -2.10. The van der Waals surface area contributed by atoms with Crippen molar-refractivity contribution in [1.29, 1.82) is 0 Å². The molecule has 0 aliphatic carbocycles. The van der Waals surface area contributed by atoms with Gasteiger partial charge in [0, 0.05) is 39.3 Å². The van der Waals surface area contributed by atoms with Crippen molar-refractivity contribution in [1.82, 2.24) is 42.5 Å². The van der Waals surface area contributed by atoms with E-state index in [4.69, 9.17) is 0 Å². The third-order valence-corrected chi connectivity index (χ3v) is 4.97. The molecule has 174 valence electrons. The van der Waals surface area contributed by atoms with Gasteiger partial charge in [0.1, 0.15) is 0 Å². The van der Waals surface area contributed by atoms with E-state index in [2.05, 4.69) is 42.5 Å². The fourth-order valence-electron chi connectivity index (χ4n) is 3.22. The molecule has 8 N–H and O–H groups in total. The summed E-state index contributed by atoms with van der Waals surface area (Å²) < 4.78 is 0. The third-order valence-electron chi connectivity index (χ3n) is 4.97. The average Bonchev–Trinajstić information content (AvgIpc) is 2.75. The quantitative estimate of drug-likeness (QED) is 0.247. The molecule has 0 unspecified atom stereocenters. The third kappa shape index (κ3) is 22.2. The number of hydrogen-bond acceptors (Lipinski definition) is 8. The minimum absolute atomic E-state index is 1.09. The molecule has 8 heteroatoms. The first-order valence-electron chi connectivity index (χ1n) is 12.2. The minimum Gasteiger partial charge on any atom is -0.317 e. The molecule has 2 saturated heterocycles. The molecular formula is C21H50N8. The van der Waals surface area contributed by atoms with Crippen LogP contribution in [0.4, 0.5) is 0 Å². The molecule has 29 heavy (non-hydrogen) atoms. The number of rotatable bonds is 0. The second-order valence-corrected chi connectivity index (χ2v) is 7.77. The summed E-state index contributed by atoms with van der Waals surface area (Å²) in [5.41, 5.74) is 0. The monoisotopic (exact) mass is 414 g/mol. The largest absolute Gasteiger partial charge is 0.317 e. The average molecular weight is 415 g/mol. The van der Waals surface area contributed by atoms with Gasteiger partial charge in [-0.05, 0) is 97.6 Å². The highest BCUT2D eigenvalue weighted by Gasteiger charge is 1.94. The van der Waals surface area contributed by atoms with Gasteiger partial charge in [-0.2, -0.15) is 0 Å². The molecule has 0 bridgehead atoms. The van der Waals surface area contributed by atoms with Crippen LogP contribution in [0.2, 0.25) is 0 Å². The number of hydrogen-bond donors (Lipinski definition) is 8. The van der Waals surface area contributed by atoms with Gasteiger partial charge < -0.3 is 42.5 Å². The van der Waals surface area contributed by atoms with Crippen molar-refractivity contribution in [2.45, 2.75) is 32.1 Å². The lowest BCUT2D eigenvalue weighted by Crippen LogP contribution is -2.34. The van der Waals surface area contributed by atoms with Crippen LogP contribution in [0.15, 0.2) is 0 Å². The van der Waals surface area contributed by atoms with Crippen molar-refractivity contribution >= 4 is 0 Å². The van der Waals surface area contributed by atoms with E-state index in [0.29, 0.717) is 0 Å². The van der Waals surface area contributed by atoms with Crippen molar-refractivity contribution in [3.05, 3.63) is 0 Å². The fourth-order valence-corrected chi connectivity index (χ4v) is 3.22. The fraction of sp³-hybridized carbons (Fsp3) is 1.00. The van der Waals surface area contributed by atoms with Crippen LogP contribution in [0.25, 0.3) is 0 Å². The first-order valence-corrected chi connectivity index (χ1v) is 12.2. The summed E-state index contributed by atoms with van der Waals surface area (Å²) in [6.07, 6.45) is 6.14. The van der Waals surface area contributed by atoms with Gasteiger partial charge in [0.2, 0.25) is 0 Å². The maximum Gasteiger partial charge on any atom is 0.00767 e. The number of nitrogens with one attached hydrogen (secondary N) is 8. The molecule has 0 amide bonds. The van der Waals surface area contributed by atoms with Crippen molar-refractivity contribution in [2.75, 3.05) is 105 Å². The highest BCUT2D eigenvalue weighted by Crippen LogP contribution is 1.80. The topological polar surface area (TPSA) is 96.2 Å². The lowest BCUT2D eigenvalue weighted by atomic mass is 10.3. The molecule has 2 heterocycles. The van der Waals surface area contributed by atoms with Crippen LogP contribution in [-0.4, -0.2) is 105 Å². The smallest absolute Gasteiger partial charge is 0.00767 e. The zero-order chi connectivity index (χ0) is 20.5. The van der Waals surface area contributed by atoms with E-state index in [0.717, 1.165) is 105 Å². The van der Waals surface area contributed by atoms with Crippen LogP contribution in [0.3, 0.4) is 0 Å². The molecule has 0 aromatic heterocycles. The van der Waals surface area contributed by atoms with Gasteiger partial charge in [0.25, 0.3) is 0 Å². The van der Waals surface area contributed by atoms with E-state index >= 15 is 0 Å². The van der Waals surface area contributed by atoms with Crippen molar-refractivity contribution < 1.29 is 0 Å². The molecule has 0 atom stereocenters. The van der Waals surface area contributed by atoms with Crippen LogP contribution in [0.1, 0.15) is 32.1 Å². The highest BCUT2D eigenvalue weighted by atomic mass is 15.0. The Morgan fingerprint density at radius 1 is 0.172 bits per heavy atom. The SMILES string of the molecule is C1CNCCCNCCNCCCNC1.C1CNCCNCCCNCCNC1. The molecule has 0 aromatic rings. The molecule has 2 fully saturated rings. The molecule has 2 aliphatic rings. The first-order chi connectivity index (χ1) is 14.5. The summed E-state index contributed by atoms with van der Waals surface area (Å²) in [6, 6.07) is 0. The molecule has 2 rings (SSSR count). The van der Waals surface area contributed by atoms with Crippen molar-refractivity contribution in [2.24, 2.45) is 0 Å². The summed E-state index contributed by atoms with van der Waals surface area (Å²) in [4.78, 5) is 0. The summed E-state index contributed by atoms with van der Waals surface area (Å²) in [7, 11) is 0. The standard InChI is InChI=1S/C11H26N4.C10H24N4/c1-4-12-6-2-8-14-10-11-15-9-3-7-13-5-1;1-3-11-7-9-13-5-2-6-14-10-8-12-4-1/h12-15H,1-11H2;11-14H,1-10H2. The van der Waals surface area contributed by atoms with Crippen LogP contribution >= 0.6 is 0 Å². The zero-order valence-corrected chi connectivity index (χ0v) is 18.8. The van der Waals surface area contributed by atoms with Gasteiger partial charge in [-0.1, -0.05) is 0 Å². The predicted molar refractivity (Wildman–Crippen MR) is 126 cm³/mol. The van der Waals surface area contributed by atoms with Crippen LogP contribution in [-0.2, 0) is 0 Å². The Labute approximate surface area is 179 Å². The van der Waals surface area contributed by atoms with Gasteiger partial charge in [0.05, 0.1) is 0 Å².